The first-order valence-electron chi connectivity index (χ1n) is 8.10. The molecule has 3 N–H and O–H groups in total. The second-order valence-corrected chi connectivity index (χ2v) is 5.94. The molecule has 0 spiro atoms. The van der Waals surface area contributed by atoms with E-state index < -0.39 is 6.04 Å². The molecule has 1 atom stereocenters. The van der Waals surface area contributed by atoms with Gasteiger partial charge in [0.25, 0.3) is 0 Å². The number of anilines is 1. The Hall–Kier alpha value is -2.37. The largest absolute Gasteiger partial charge is 0.346 e. The summed E-state index contributed by atoms with van der Waals surface area (Å²) in [6.07, 6.45) is 1.30. The van der Waals surface area contributed by atoms with E-state index in [9.17, 15) is 9.59 Å². The number of hydrogen-bond donors (Lipinski definition) is 2. The molecule has 6 heteroatoms. The lowest BCUT2D eigenvalue weighted by atomic mass is 10.1. The number of nitrogens with zero attached hydrogens (tertiary/aromatic N) is 1. The smallest absolute Gasteiger partial charge is 0.246 e. The maximum atomic E-state index is 12.4. The number of amides is 2. The minimum atomic E-state index is -0.661. The van der Waals surface area contributed by atoms with Crippen molar-refractivity contribution in [1.29, 1.82) is 0 Å². The Morgan fingerprint density at radius 2 is 1.76 bits per heavy atom. The summed E-state index contributed by atoms with van der Waals surface area (Å²) in [6, 6.07) is 16.8. The predicted molar refractivity (Wildman–Crippen MR) is 101 cm³/mol. The van der Waals surface area contributed by atoms with Gasteiger partial charge in [0.15, 0.2) is 0 Å². The zero-order valence-electron chi connectivity index (χ0n) is 13.9. The third-order valence-electron chi connectivity index (χ3n) is 4.24. The highest BCUT2D eigenvalue weighted by molar-refractivity contribution is 5.98. The zero-order chi connectivity index (χ0) is 16.9. The molecule has 0 aromatic heterocycles. The molecule has 5 nitrogen and oxygen atoms in total. The molecule has 0 radical (unpaired) electrons. The summed E-state index contributed by atoms with van der Waals surface area (Å²) in [5.74, 6) is -0.417. The van der Waals surface area contributed by atoms with Crippen LogP contribution >= 0.6 is 12.4 Å². The Kier molecular flexibility index (Phi) is 6.56. The Bertz CT molecular complexity index is 736. The molecule has 0 bridgehead atoms. The number of para-hydroxylation sites is 1. The first kappa shape index (κ1) is 19.0. The molecule has 3 rings (SSSR count). The number of nitrogens with one attached hydrogen (secondary N) is 1. The molecule has 1 aliphatic rings. The van der Waals surface area contributed by atoms with Gasteiger partial charge in [-0.1, -0.05) is 48.5 Å². The monoisotopic (exact) mass is 359 g/mol. The fraction of sp³-hybridized carbons (Fsp3) is 0.263. The molecule has 2 amide bonds. The van der Waals surface area contributed by atoms with Crippen molar-refractivity contribution in [2.75, 3.05) is 18.0 Å². The van der Waals surface area contributed by atoms with Gasteiger partial charge in [0.2, 0.25) is 11.8 Å². The van der Waals surface area contributed by atoms with Gasteiger partial charge in [-0.25, -0.2) is 0 Å². The third-order valence-corrected chi connectivity index (χ3v) is 4.24. The number of nitrogens with two attached hydrogens (primary N) is 1. The number of hydrogen-bond acceptors (Lipinski definition) is 3. The van der Waals surface area contributed by atoms with Crippen molar-refractivity contribution in [3.05, 3.63) is 65.7 Å². The standard InChI is InChI=1S/C19H21N3O2.ClH/c20-16(12-14-6-2-1-3-7-14)19(24)21-13-18(23)22-11-10-15-8-4-5-9-17(15)22;/h1-9,16H,10-13,20H2,(H,21,24);1H/t16-;/m0./s1. The molecular weight excluding hydrogens is 338 g/mol. The van der Waals surface area contributed by atoms with Crippen molar-refractivity contribution in [2.24, 2.45) is 5.73 Å². The van der Waals surface area contributed by atoms with Crippen molar-refractivity contribution in [3.8, 4) is 0 Å². The second-order valence-electron chi connectivity index (χ2n) is 5.94. The van der Waals surface area contributed by atoms with Crippen LogP contribution in [0.5, 0.6) is 0 Å². The molecule has 1 aliphatic heterocycles. The van der Waals surface area contributed by atoms with Crippen molar-refractivity contribution < 1.29 is 9.59 Å². The van der Waals surface area contributed by atoms with E-state index in [0.29, 0.717) is 13.0 Å². The van der Waals surface area contributed by atoms with E-state index in [2.05, 4.69) is 5.32 Å². The van der Waals surface area contributed by atoms with Gasteiger partial charge in [0.05, 0.1) is 12.6 Å². The van der Waals surface area contributed by atoms with E-state index in [1.54, 1.807) is 4.90 Å². The van der Waals surface area contributed by atoms with E-state index >= 15 is 0 Å². The van der Waals surface area contributed by atoms with Crippen LogP contribution in [0, 0.1) is 0 Å². The molecule has 0 saturated carbocycles. The van der Waals surface area contributed by atoms with Crippen molar-refractivity contribution in [1.82, 2.24) is 5.32 Å². The molecule has 0 fully saturated rings. The number of halogens is 1. The fourth-order valence-corrected chi connectivity index (χ4v) is 2.95. The minimum absolute atomic E-state index is 0. The Morgan fingerprint density at radius 1 is 1.08 bits per heavy atom. The number of fused-ring (bicyclic) bond motifs is 1. The van der Waals surface area contributed by atoms with Crippen LogP contribution in [0.4, 0.5) is 5.69 Å². The second kappa shape index (κ2) is 8.65. The fourth-order valence-electron chi connectivity index (χ4n) is 2.95. The normalized spacial score (nSPS) is 13.6. The molecule has 1 heterocycles. The summed E-state index contributed by atoms with van der Waals surface area (Å²) >= 11 is 0. The van der Waals surface area contributed by atoms with Gasteiger partial charge < -0.3 is 16.0 Å². The molecule has 25 heavy (non-hydrogen) atoms. The van der Waals surface area contributed by atoms with Gasteiger partial charge in [-0.05, 0) is 30.0 Å². The first-order valence-corrected chi connectivity index (χ1v) is 8.10. The highest BCUT2D eigenvalue weighted by Gasteiger charge is 2.24. The van der Waals surface area contributed by atoms with Crippen LogP contribution in [-0.2, 0) is 22.4 Å². The van der Waals surface area contributed by atoms with Gasteiger partial charge in [0.1, 0.15) is 0 Å². The molecule has 2 aromatic carbocycles. The van der Waals surface area contributed by atoms with E-state index in [4.69, 9.17) is 5.73 Å². The number of carbonyl (C=O) groups excluding carboxylic acids is 2. The van der Waals surface area contributed by atoms with E-state index in [1.807, 2.05) is 54.6 Å². The quantitative estimate of drug-likeness (QED) is 0.853. The summed E-state index contributed by atoms with van der Waals surface area (Å²) in [4.78, 5) is 26.2. The first-order chi connectivity index (χ1) is 11.6. The summed E-state index contributed by atoms with van der Waals surface area (Å²) in [5, 5.41) is 2.66. The van der Waals surface area contributed by atoms with Crippen LogP contribution in [0.2, 0.25) is 0 Å². The molecule has 0 aliphatic carbocycles. The van der Waals surface area contributed by atoms with Crippen LogP contribution < -0.4 is 16.0 Å². The maximum Gasteiger partial charge on any atom is 0.246 e. The van der Waals surface area contributed by atoms with Crippen LogP contribution in [0.1, 0.15) is 11.1 Å². The lowest BCUT2D eigenvalue weighted by Gasteiger charge is -2.18. The Morgan fingerprint density at radius 3 is 2.52 bits per heavy atom. The lowest BCUT2D eigenvalue weighted by Crippen LogP contribution is -2.46. The van der Waals surface area contributed by atoms with Crippen molar-refractivity contribution >= 4 is 29.9 Å². The lowest BCUT2D eigenvalue weighted by molar-refractivity contribution is -0.125. The Labute approximate surface area is 153 Å². The summed E-state index contributed by atoms with van der Waals surface area (Å²) in [6.45, 7) is 0.625. The average Bonchev–Trinajstić information content (AvgIpc) is 3.04. The van der Waals surface area contributed by atoms with Crippen LogP contribution in [0.3, 0.4) is 0 Å². The van der Waals surface area contributed by atoms with Gasteiger partial charge >= 0.3 is 0 Å². The summed E-state index contributed by atoms with van der Waals surface area (Å²) in [7, 11) is 0. The summed E-state index contributed by atoms with van der Waals surface area (Å²) < 4.78 is 0. The SMILES string of the molecule is Cl.N[C@@H](Cc1ccccc1)C(=O)NCC(=O)N1CCc2ccccc21. The van der Waals surface area contributed by atoms with Gasteiger partial charge in [-0.15, -0.1) is 12.4 Å². The molecular formula is C19H22ClN3O2. The topological polar surface area (TPSA) is 75.4 Å². The van der Waals surface area contributed by atoms with Crippen molar-refractivity contribution in [3.63, 3.8) is 0 Å². The van der Waals surface area contributed by atoms with Crippen LogP contribution in [-0.4, -0.2) is 30.9 Å². The van der Waals surface area contributed by atoms with Gasteiger partial charge in [0, 0.05) is 12.2 Å². The molecule has 2 aromatic rings. The highest BCUT2D eigenvalue weighted by atomic mass is 35.5. The average molecular weight is 360 g/mol. The van der Waals surface area contributed by atoms with Gasteiger partial charge in [-0.2, -0.15) is 0 Å². The van der Waals surface area contributed by atoms with E-state index in [1.165, 1.54) is 0 Å². The van der Waals surface area contributed by atoms with Crippen LogP contribution in [0.15, 0.2) is 54.6 Å². The number of carbonyl (C=O) groups is 2. The highest BCUT2D eigenvalue weighted by Crippen LogP contribution is 2.27. The zero-order valence-corrected chi connectivity index (χ0v) is 14.7. The summed E-state index contributed by atoms with van der Waals surface area (Å²) in [5.41, 5.74) is 9.03. The Balaban J connectivity index is 0.00000225. The minimum Gasteiger partial charge on any atom is -0.346 e. The molecule has 0 saturated heterocycles. The maximum absolute atomic E-state index is 12.4. The molecule has 132 valence electrons. The number of benzene rings is 2. The van der Waals surface area contributed by atoms with E-state index in [0.717, 1.165) is 23.2 Å². The van der Waals surface area contributed by atoms with E-state index in [-0.39, 0.29) is 30.8 Å². The number of rotatable bonds is 5. The third kappa shape index (κ3) is 4.59. The van der Waals surface area contributed by atoms with Gasteiger partial charge in [-0.3, -0.25) is 9.59 Å². The van der Waals surface area contributed by atoms with Crippen molar-refractivity contribution in [2.45, 2.75) is 18.9 Å². The van der Waals surface area contributed by atoms with Crippen LogP contribution in [0.25, 0.3) is 0 Å². The predicted octanol–water partition coefficient (Wildman–Crippen LogP) is 1.68. The molecule has 0 unspecified atom stereocenters.